The molecule has 28 heavy (non-hydrogen) atoms. The van der Waals surface area contributed by atoms with Crippen LogP contribution in [0.15, 0.2) is 51.9 Å². The molecule has 3 aromatic rings. The molecule has 0 radical (unpaired) electrons. The number of ether oxygens (including phenoxy) is 1. The van der Waals surface area contributed by atoms with Gasteiger partial charge in [0.2, 0.25) is 10.0 Å². The smallest absolute Gasteiger partial charge is 0.243 e. The van der Waals surface area contributed by atoms with Crippen LogP contribution in [0.1, 0.15) is 5.69 Å². The molecule has 0 unspecified atom stereocenters. The van der Waals surface area contributed by atoms with Gasteiger partial charge in [0.05, 0.1) is 17.0 Å². The molecule has 7 nitrogen and oxygen atoms in total. The lowest BCUT2D eigenvalue weighted by atomic mass is 10.2. The van der Waals surface area contributed by atoms with Gasteiger partial charge in [0.15, 0.2) is 5.58 Å². The first-order chi connectivity index (χ1) is 13.5. The first-order valence-corrected chi connectivity index (χ1v) is 10.7. The minimum Gasteiger partial charge on any atom is -0.495 e. The Labute approximate surface area is 168 Å². The predicted octanol–water partition coefficient (Wildman–Crippen LogP) is 3.00. The molecule has 1 aromatic heterocycles. The lowest BCUT2D eigenvalue weighted by Crippen LogP contribution is -2.48. The van der Waals surface area contributed by atoms with E-state index in [-0.39, 0.29) is 9.92 Å². The molecule has 1 aliphatic heterocycles. The van der Waals surface area contributed by atoms with Crippen molar-refractivity contribution in [3.05, 3.63) is 53.2 Å². The number of methoxy groups -OCH3 is 1. The van der Waals surface area contributed by atoms with E-state index in [1.54, 1.807) is 6.07 Å². The van der Waals surface area contributed by atoms with Gasteiger partial charge in [-0.15, -0.1) is 0 Å². The molecule has 0 atom stereocenters. The van der Waals surface area contributed by atoms with Gasteiger partial charge in [0.25, 0.3) is 0 Å². The zero-order chi connectivity index (χ0) is 19.7. The zero-order valence-corrected chi connectivity index (χ0v) is 16.9. The molecule has 0 amide bonds. The van der Waals surface area contributed by atoms with Crippen molar-refractivity contribution in [1.29, 1.82) is 0 Å². The molecular formula is C19H20ClN3O4S. The third kappa shape index (κ3) is 3.60. The van der Waals surface area contributed by atoms with E-state index in [1.807, 2.05) is 24.3 Å². The van der Waals surface area contributed by atoms with Gasteiger partial charge in [0, 0.05) is 38.1 Å². The molecule has 2 heterocycles. The molecule has 2 aromatic carbocycles. The van der Waals surface area contributed by atoms with Gasteiger partial charge < -0.3 is 9.26 Å². The fourth-order valence-electron chi connectivity index (χ4n) is 3.35. The van der Waals surface area contributed by atoms with E-state index < -0.39 is 10.0 Å². The van der Waals surface area contributed by atoms with Crippen molar-refractivity contribution in [2.45, 2.75) is 11.4 Å². The number of rotatable bonds is 5. The van der Waals surface area contributed by atoms with Gasteiger partial charge >= 0.3 is 0 Å². The van der Waals surface area contributed by atoms with Gasteiger partial charge in [-0.2, -0.15) is 4.31 Å². The van der Waals surface area contributed by atoms with Crippen LogP contribution in [0.2, 0.25) is 5.02 Å². The van der Waals surface area contributed by atoms with Crippen molar-refractivity contribution in [1.82, 2.24) is 14.4 Å². The van der Waals surface area contributed by atoms with E-state index in [9.17, 15) is 8.42 Å². The maximum atomic E-state index is 12.9. The largest absolute Gasteiger partial charge is 0.495 e. The molecule has 148 valence electrons. The summed E-state index contributed by atoms with van der Waals surface area (Å²) in [6.07, 6.45) is 0. The molecular weight excluding hydrogens is 402 g/mol. The predicted molar refractivity (Wildman–Crippen MR) is 106 cm³/mol. The second-order valence-electron chi connectivity index (χ2n) is 6.60. The molecule has 0 N–H and O–H groups in total. The monoisotopic (exact) mass is 421 g/mol. The first-order valence-electron chi connectivity index (χ1n) is 8.88. The Hall–Kier alpha value is -2.13. The van der Waals surface area contributed by atoms with E-state index in [1.165, 1.54) is 23.5 Å². The average molecular weight is 422 g/mol. The quantitative estimate of drug-likeness (QED) is 0.630. The number of hydrogen-bond donors (Lipinski definition) is 0. The fourth-order valence-corrected chi connectivity index (χ4v) is 5.12. The number of piperazine rings is 1. The van der Waals surface area contributed by atoms with Crippen LogP contribution in [0.25, 0.3) is 11.0 Å². The number of aromatic nitrogens is 1. The van der Waals surface area contributed by atoms with Crippen LogP contribution < -0.4 is 4.74 Å². The standard InChI is InChI=1S/C19H20ClN3O4S/c1-26-19-7-6-14(12-16(19)20)28(24,25)23-10-8-22(9-11-23)13-17-15-4-2-3-5-18(15)27-21-17/h2-7,12H,8-11,13H2,1H3. The lowest BCUT2D eigenvalue weighted by molar-refractivity contribution is 0.178. The third-order valence-electron chi connectivity index (χ3n) is 4.92. The minimum absolute atomic E-state index is 0.175. The van der Waals surface area contributed by atoms with Crippen LogP contribution in [-0.4, -0.2) is 56.1 Å². The Morgan fingerprint density at radius 3 is 2.61 bits per heavy atom. The normalized spacial score (nSPS) is 16.5. The van der Waals surface area contributed by atoms with E-state index in [0.717, 1.165) is 16.7 Å². The summed E-state index contributed by atoms with van der Waals surface area (Å²) in [5, 5.41) is 5.42. The summed E-state index contributed by atoms with van der Waals surface area (Å²) < 4.78 is 37.8. The molecule has 0 spiro atoms. The van der Waals surface area contributed by atoms with Crippen LogP contribution in [0.5, 0.6) is 5.75 Å². The highest BCUT2D eigenvalue weighted by Gasteiger charge is 2.29. The van der Waals surface area contributed by atoms with Gasteiger partial charge in [-0.05, 0) is 30.3 Å². The second-order valence-corrected chi connectivity index (χ2v) is 8.95. The molecule has 1 saturated heterocycles. The summed E-state index contributed by atoms with van der Waals surface area (Å²) in [6, 6.07) is 12.3. The highest BCUT2D eigenvalue weighted by molar-refractivity contribution is 7.89. The molecule has 0 aliphatic carbocycles. The van der Waals surface area contributed by atoms with Crippen LogP contribution in [0, 0.1) is 0 Å². The SMILES string of the molecule is COc1ccc(S(=O)(=O)N2CCN(Cc3noc4ccccc34)CC2)cc1Cl. The highest BCUT2D eigenvalue weighted by atomic mass is 35.5. The van der Waals surface area contributed by atoms with Crippen LogP contribution in [-0.2, 0) is 16.6 Å². The van der Waals surface area contributed by atoms with Gasteiger partial charge in [-0.25, -0.2) is 8.42 Å². The van der Waals surface area contributed by atoms with Gasteiger partial charge in [-0.3, -0.25) is 4.90 Å². The van der Waals surface area contributed by atoms with Crippen molar-refractivity contribution in [2.75, 3.05) is 33.3 Å². The Morgan fingerprint density at radius 1 is 1.14 bits per heavy atom. The molecule has 1 aliphatic rings. The number of nitrogens with zero attached hydrogens (tertiary/aromatic N) is 3. The van der Waals surface area contributed by atoms with Crippen LogP contribution in [0.4, 0.5) is 0 Å². The Morgan fingerprint density at radius 2 is 1.89 bits per heavy atom. The number of hydrogen-bond acceptors (Lipinski definition) is 6. The Balaban J connectivity index is 1.44. The Bertz CT molecular complexity index is 1090. The summed E-state index contributed by atoms with van der Waals surface area (Å²) in [6.45, 7) is 2.66. The number of sulfonamides is 1. The third-order valence-corrected chi connectivity index (χ3v) is 7.11. The van der Waals surface area contributed by atoms with Crippen LogP contribution in [0.3, 0.4) is 0 Å². The fraction of sp³-hybridized carbons (Fsp3) is 0.316. The number of benzene rings is 2. The zero-order valence-electron chi connectivity index (χ0n) is 15.3. The summed E-state index contributed by atoms with van der Waals surface area (Å²) in [7, 11) is -2.10. The summed E-state index contributed by atoms with van der Waals surface area (Å²) >= 11 is 6.09. The average Bonchev–Trinajstić information content (AvgIpc) is 3.11. The molecule has 0 saturated carbocycles. The molecule has 0 bridgehead atoms. The molecule has 4 rings (SSSR count). The van der Waals surface area contributed by atoms with Crippen molar-refractivity contribution in [2.24, 2.45) is 0 Å². The lowest BCUT2D eigenvalue weighted by Gasteiger charge is -2.33. The van der Waals surface area contributed by atoms with E-state index in [0.29, 0.717) is 38.5 Å². The summed E-state index contributed by atoms with van der Waals surface area (Å²) in [5.74, 6) is 0.449. The van der Waals surface area contributed by atoms with E-state index in [4.69, 9.17) is 20.9 Å². The van der Waals surface area contributed by atoms with Crippen molar-refractivity contribution < 1.29 is 17.7 Å². The summed E-state index contributed by atoms with van der Waals surface area (Å²) in [5.41, 5.74) is 1.63. The minimum atomic E-state index is -3.60. The maximum Gasteiger partial charge on any atom is 0.243 e. The van der Waals surface area contributed by atoms with Gasteiger partial charge in [-0.1, -0.05) is 28.9 Å². The number of para-hydroxylation sites is 1. The number of halogens is 1. The first kappa shape index (κ1) is 19.2. The van der Waals surface area contributed by atoms with Crippen LogP contribution >= 0.6 is 11.6 Å². The molecule has 1 fully saturated rings. The molecule has 9 heteroatoms. The highest BCUT2D eigenvalue weighted by Crippen LogP contribution is 2.29. The topological polar surface area (TPSA) is 75.9 Å². The second kappa shape index (κ2) is 7.71. The van der Waals surface area contributed by atoms with Gasteiger partial charge in [0.1, 0.15) is 11.4 Å². The van der Waals surface area contributed by atoms with Crippen molar-refractivity contribution >= 4 is 32.6 Å². The van der Waals surface area contributed by atoms with E-state index >= 15 is 0 Å². The number of fused-ring (bicyclic) bond motifs is 1. The van der Waals surface area contributed by atoms with Crippen molar-refractivity contribution in [3.63, 3.8) is 0 Å². The Kier molecular flexibility index (Phi) is 5.29. The van der Waals surface area contributed by atoms with Crippen molar-refractivity contribution in [3.8, 4) is 5.75 Å². The van der Waals surface area contributed by atoms with E-state index in [2.05, 4.69) is 10.1 Å². The summed E-state index contributed by atoms with van der Waals surface area (Å²) in [4.78, 5) is 2.35. The maximum absolute atomic E-state index is 12.9.